The molecule has 16 heteroatoms. The average molecular weight is 1010 g/mol. The molecule has 0 saturated carbocycles. The van der Waals surface area contributed by atoms with Crippen LogP contribution in [-0.4, -0.2) is 147 Å². The van der Waals surface area contributed by atoms with Crippen molar-refractivity contribution in [3.63, 3.8) is 0 Å². The summed E-state index contributed by atoms with van der Waals surface area (Å²) in [6.07, 6.45) is 5.34. The number of aromatic carboxylic acids is 1. The number of aliphatic hydroxyl groups is 2. The summed E-state index contributed by atoms with van der Waals surface area (Å²) in [7, 11) is 1.43. The van der Waals surface area contributed by atoms with Crippen LogP contribution in [0.5, 0.6) is 0 Å². The van der Waals surface area contributed by atoms with Gasteiger partial charge in [-0.1, -0.05) is 87.1 Å². The first-order valence-corrected chi connectivity index (χ1v) is 22.7. The van der Waals surface area contributed by atoms with Crippen molar-refractivity contribution in [3.8, 4) is 23.7 Å². The van der Waals surface area contributed by atoms with Gasteiger partial charge in [-0.05, 0) is 109 Å². The van der Waals surface area contributed by atoms with Gasteiger partial charge < -0.3 is 45.3 Å². The normalized spacial score (nSPS) is 14.9. The van der Waals surface area contributed by atoms with Crippen LogP contribution in [0.25, 0.3) is 12.2 Å². The van der Waals surface area contributed by atoms with Gasteiger partial charge in [0.2, 0.25) is 0 Å². The zero-order chi connectivity index (χ0) is 52.7. The van der Waals surface area contributed by atoms with Gasteiger partial charge in [-0.25, -0.2) is 9.59 Å². The number of hydrogen-bond acceptors (Lipinski definition) is 13. The molecule has 2 aliphatic rings. The van der Waals surface area contributed by atoms with E-state index in [-0.39, 0.29) is 20.4 Å². The monoisotopic (exact) mass is 1010 g/mol. The lowest BCUT2D eigenvalue weighted by atomic mass is 10.1. The molecule has 1 amide bonds. The van der Waals surface area contributed by atoms with Crippen molar-refractivity contribution < 1.29 is 59.2 Å². The molecule has 73 heavy (non-hydrogen) atoms. The number of carbonyl (C=O) groups excluding carboxylic acids is 3. The Morgan fingerprint density at radius 3 is 1.40 bits per heavy atom. The van der Waals surface area contributed by atoms with Gasteiger partial charge in [0.1, 0.15) is 6.04 Å². The quantitative estimate of drug-likeness (QED) is 0.0742. The number of hydrogen-bond donors (Lipinski definition) is 5. The summed E-state index contributed by atoms with van der Waals surface area (Å²) >= 11 is 0. The summed E-state index contributed by atoms with van der Waals surface area (Å²) in [5.41, 5.74) is 12.1. The predicted octanol–water partition coefficient (Wildman–Crippen LogP) is 6.24. The molecule has 0 unspecified atom stereocenters. The van der Waals surface area contributed by atoms with Crippen LogP contribution in [0.3, 0.4) is 0 Å². The van der Waals surface area contributed by atoms with Crippen molar-refractivity contribution in [2.24, 2.45) is 5.73 Å². The number of amides is 1. The topological polar surface area (TPSA) is 210 Å². The minimum Gasteiger partial charge on any atom is -0.478 e. The molecule has 2 fully saturated rings. The minimum absolute atomic E-state index is 0. The molecule has 6 rings (SSSR count). The number of morpholine rings is 2. The fourth-order valence-corrected chi connectivity index (χ4v) is 6.49. The van der Waals surface area contributed by atoms with E-state index in [1.165, 1.54) is 39.2 Å². The van der Waals surface area contributed by atoms with Crippen molar-refractivity contribution in [1.82, 2.24) is 15.1 Å². The highest BCUT2D eigenvalue weighted by Gasteiger charge is 2.27. The highest BCUT2D eigenvalue weighted by Crippen LogP contribution is 2.12. The maximum Gasteiger partial charge on any atom is 0.335 e. The largest absolute Gasteiger partial charge is 0.478 e. The van der Waals surface area contributed by atoms with Crippen LogP contribution < -0.4 is 11.1 Å². The van der Waals surface area contributed by atoms with E-state index in [1.54, 1.807) is 60.7 Å². The van der Waals surface area contributed by atoms with Gasteiger partial charge in [0.05, 0.1) is 66.9 Å². The van der Waals surface area contributed by atoms with E-state index in [0.29, 0.717) is 5.56 Å². The second kappa shape index (κ2) is 36.0. The van der Waals surface area contributed by atoms with Crippen LogP contribution in [0.4, 0.5) is 4.39 Å². The molecular formula is C57H73FN4O11. The molecule has 6 N–H and O–H groups in total. The fourth-order valence-electron chi connectivity index (χ4n) is 6.49. The molecule has 4 aromatic rings. The number of halogens is 1. The van der Waals surface area contributed by atoms with Crippen LogP contribution in [0.2, 0.25) is 0 Å². The summed E-state index contributed by atoms with van der Waals surface area (Å²) in [6, 6.07) is 28.1. The molecule has 4 aromatic carbocycles. The Balaban J connectivity index is 0.000000605. The molecule has 2 aliphatic heterocycles. The van der Waals surface area contributed by atoms with Crippen molar-refractivity contribution in [3.05, 3.63) is 154 Å². The molecular weight excluding hydrogens is 936 g/mol. The molecule has 0 spiro atoms. The molecule has 394 valence electrons. The summed E-state index contributed by atoms with van der Waals surface area (Å²) in [6.45, 7) is 11.8. The van der Waals surface area contributed by atoms with Crippen molar-refractivity contribution in [2.75, 3.05) is 74.0 Å². The number of methoxy groups -OCH3 is 2. The van der Waals surface area contributed by atoms with E-state index in [0.717, 1.165) is 87.9 Å². The van der Waals surface area contributed by atoms with Gasteiger partial charge in [-0.3, -0.25) is 23.8 Å². The van der Waals surface area contributed by atoms with E-state index < -0.39 is 55.3 Å². The molecule has 0 aromatic heterocycles. The van der Waals surface area contributed by atoms with Crippen molar-refractivity contribution in [2.45, 2.75) is 66.1 Å². The number of ether oxygens (including phenoxy) is 4. The highest BCUT2D eigenvalue weighted by atomic mass is 19.1. The highest BCUT2D eigenvalue weighted by molar-refractivity contribution is 5.97. The van der Waals surface area contributed by atoms with Gasteiger partial charge in [0, 0.05) is 56.0 Å². The number of rotatable bonds is 13. The molecule has 2 saturated heterocycles. The zero-order valence-corrected chi connectivity index (χ0v) is 40.6. The number of aliphatic hydroxyl groups excluding tert-OH is 2. The number of allylic oxidation sites excluding steroid dienone is 2. The molecule has 2 heterocycles. The lowest BCUT2D eigenvalue weighted by Crippen LogP contribution is -2.48. The van der Waals surface area contributed by atoms with E-state index in [1.807, 2.05) is 36.4 Å². The van der Waals surface area contributed by atoms with E-state index >= 15 is 0 Å². The number of alkyl halides is 1. The smallest absolute Gasteiger partial charge is 0.335 e. The SMILES string of the molecule is C.C.COC(=O)[C@@H](N)[C@@H](C)O.COC(=O)[C@@H](NC(=O)c1ccc(/C=C/C#Cc2ccc(CN3CCOCC3)cc2)cc1)[C@@H](C)O.O=C(O)c1ccc(/C=C/C#Cc2ccc(CN3CCOCC3)cc2)cc1.[2H]CF. The third-order valence-corrected chi connectivity index (χ3v) is 10.6. The standard InChI is InChI=1S/C27H30N2O5.C22H21NO3.C5H11NO3.CH3F.2CH4/c1-20(30)25(27(32)33-2)28-26(31)24-13-11-22(12-14-24)6-4-3-5-21-7-9-23(10-8-21)19-29-15-17-34-18-16-29;24-22(25)21-11-9-19(10-12-21)4-2-1-3-18-5-7-20(8-6-18)17-23-13-15-26-16-14-23;1-3(7)4(6)5(8)9-2;1-2;;/h4,6-14,20,25,30H,15-19H2,1-2H3,(H,28,31);2,4-12H,13-17H2,(H,24,25);3-4,7H,6H2,1-2H3;1H3;2*1H4/b6-4+;4-2+;;;;/t20-,25+;;3-,4+;;;/m1.1.../s1/i;;;1D;;. The Morgan fingerprint density at radius 2 is 1.07 bits per heavy atom. The minimum atomic E-state index is -1.12. The number of carbonyl (C=O) groups is 4. The molecule has 15 nitrogen and oxygen atoms in total. The fraction of sp³-hybridized carbons (Fsp3) is 0.368. The van der Waals surface area contributed by atoms with Gasteiger partial charge in [-0.2, -0.15) is 0 Å². The lowest BCUT2D eigenvalue weighted by molar-refractivity contribution is -0.146. The number of esters is 2. The predicted molar refractivity (Wildman–Crippen MR) is 284 cm³/mol. The van der Waals surface area contributed by atoms with Crippen LogP contribution >= 0.6 is 0 Å². The van der Waals surface area contributed by atoms with E-state index in [2.05, 4.69) is 72.5 Å². The van der Waals surface area contributed by atoms with E-state index in [9.17, 15) is 28.7 Å². The molecule has 4 atom stereocenters. The van der Waals surface area contributed by atoms with Crippen LogP contribution in [0, 0.1) is 23.7 Å². The van der Waals surface area contributed by atoms with Crippen molar-refractivity contribution >= 4 is 36.0 Å². The van der Waals surface area contributed by atoms with E-state index in [4.69, 9.17) is 26.8 Å². The zero-order valence-electron chi connectivity index (χ0n) is 41.6. The van der Waals surface area contributed by atoms with Gasteiger partial charge in [0.25, 0.3) is 5.91 Å². The first-order chi connectivity index (χ1) is 34.7. The van der Waals surface area contributed by atoms with Crippen molar-refractivity contribution in [1.29, 1.82) is 0 Å². The van der Waals surface area contributed by atoms with Crippen LogP contribution in [-0.2, 0) is 41.6 Å². The number of nitrogens with two attached hydrogens (primary N) is 1. The van der Waals surface area contributed by atoms with Gasteiger partial charge in [-0.15, -0.1) is 0 Å². The first kappa shape index (κ1) is 62.1. The molecule has 0 bridgehead atoms. The average Bonchev–Trinajstić information content (AvgIpc) is 3.39. The lowest BCUT2D eigenvalue weighted by Gasteiger charge is -2.26. The molecule has 0 radical (unpaired) electrons. The number of nitrogens with one attached hydrogen (secondary N) is 1. The van der Waals surface area contributed by atoms with Crippen LogP contribution in [0.15, 0.2) is 109 Å². The van der Waals surface area contributed by atoms with Gasteiger partial charge in [0.15, 0.2) is 6.04 Å². The Labute approximate surface area is 432 Å². The number of carboxylic acid groups (broad SMARTS) is 1. The Morgan fingerprint density at radius 1 is 0.685 bits per heavy atom. The summed E-state index contributed by atoms with van der Waals surface area (Å²) in [5.74, 6) is 9.60. The van der Waals surface area contributed by atoms with Crippen LogP contribution in [0.1, 0.15) is 84.2 Å². The summed E-state index contributed by atoms with van der Waals surface area (Å²) in [4.78, 5) is 50.1. The number of carboxylic acids is 1. The summed E-state index contributed by atoms with van der Waals surface area (Å²) in [5, 5.41) is 29.8. The van der Waals surface area contributed by atoms with Gasteiger partial charge >= 0.3 is 17.9 Å². The summed E-state index contributed by atoms with van der Waals surface area (Å²) < 4.78 is 35.1. The number of nitrogens with zero attached hydrogens (tertiary/aromatic N) is 2. The number of benzene rings is 4. The second-order valence-corrected chi connectivity index (χ2v) is 15.9. The second-order valence-electron chi connectivity index (χ2n) is 15.9. The Hall–Kier alpha value is -6.99. The Bertz CT molecular complexity index is 2450. The maximum absolute atomic E-state index is 12.4. The Kier molecular flexibility index (Phi) is 30.6. The maximum atomic E-state index is 12.4. The third kappa shape index (κ3) is 24.3. The third-order valence-electron chi connectivity index (χ3n) is 10.6. The first-order valence-electron chi connectivity index (χ1n) is 23.4. The molecule has 0 aliphatic carbocycles.